The fourth-order valence-electron chi connectivity index (χ4n) is 3.98. The summed E-state index contributed by atoms with van der Waals surface area (Å²) in [5, 5.41) is 6.39. The zero-order chi connectivity index (χ0) is 25.2. The van der Waals surface area contributed by atoms with Gasteiger partial charge >= 0.3 is 12.1 Å². The van der Waals surface area contributed by atoms with E-state index in [1.54, 1.807) is 23.5 Å². The summed E-state index contributed by atoms with van der Waals surface area (Å²) in [4.78, 5) is 8.70. The van der Waals surface area contributed by atoms with Crippen LogP contribution < -0.4 is 4.72 Å². The van der Waals surface area contributed by atoms with E-state index in [0.717, 1.165) is 29.1 Å². The minimum atomic E-state index is -4.73. The van der Waals surface area contributed by atoms with Crippen LogP contribution in [-0.2, 0) is 27.3 Å². The van der Waals surface area contributed by atoms with Gasteiger partial charge in [-0.2, -0.15) is 18.2 Å². The van der Waals surface area contributed by atoms with Gasteiger partial charge in [0, 0.05) is 41.7 Å². The van der Waals surface area contributed by atoms with Gasteiger partial charge in [-0.3, -0.25) is 0 Å². The van der Waals surface area contributed by atoms with Crippen molar-refractivity contribution in [1.82, 2.24) is 19.8 Å². The van der Waals surface area contributed by atoms with Crippen LogP contribution in [0, 0.1) is 0 Å². The lowest BCUT2D eigenvalue weighted by Crippen LogP contribution is -2.43. The van der Waals surface area contributed by atoms with E-state index in [9.17, 15) is 17.4 Å². The maximum Gasteiger partial charge on any atom is 0.471 e. The maximum atomic E-state index is 13.1. The number of thiazole rings is 1. The SMILES string of the molecule is O=S(NCC1(c2nc(-c3ccccc3)cs2)CCOCC1)c1cccc(-c2noc(C(F)(F)F)n2)c1. The van der Waals surface area contributed by atoms with Crippen LogP contribution >= 0.6 is 11.3 Å². The Bertz CT molecular complexity index is 1350. The fraction of sp³-hybridized carbons (Fsp3) is 0.292. The summed E-state index contributed by atoms with van der Waals surface area (Å²) >= 11 is 1.58. The topological polar surface area (TPSA) is 90.1 Å². The molecule has 2 aromatic heterocycles. The number of nitrogens with one attached hydrogen (secondary N) is 1. The molecular weight excluding hydrogens is 513 g/mol. The Morgan fingerprint density at radius 1 is 1.03 bits per heavy atom. The average Bonchev–Trinajstić information content (AvgIpc) is 3.60. The lowest BCUT2D eigenvalue weighted by Gasteiger charge is -2.35. The number of rotatable bonds is 7. The molecule has 0 radical (unpaired) electrons. The number of alkyl halides is 3. The number of hydrogen-bond donors (Lipinski definition) is 1. The molecule has 0 amide bonds. The van der Waals surface area contributed by atoms with Crippen molar-refractivity contribution >= 4 is 22.3 Å². The maximum absolute atomic E-state index is 13.1. The van der Waals surface area contributed by atoms with E-state index >= 15 is 0 Å². The Hall–Kier alpha value is -2.93. The first-order valence-electron chi connectivity index (χ1n) is 11.1. The summed E-state index contributed by atoms with van der Waals surface area (Å²) in [6.07, 6.45) is -3.29. The van der Waals surface area contributed by atoms with Gasteiger partial charge in [0.2, 0.25) is 5.82 Å². The quantitative estimate of drug-likeness (QED) is 0.349. The molecule has 7 nitrogen and oxygen atoms in total. The van der Waals surface area contributed by atoms with Gasteiger partial charge < -0.3 is 9.26 Å². The molecule has 4 aromatic rings. The van der Waals surface area contributed by atoms with Crippen molar-refractivity contribution < 1.29 is 26.6 Å². The summed E-state index contributed by atoms with van der Waals surface area (Å²) in [5.41, 5.74) is 1.85. The third-order valence-electron chi connectivity index (χ3n) is 5.99. The zero-order valence-corrected chi connectivity index (χ0v) is 20.5. The van der Waals surface area contributed by atoms with Crippen LogP contribution in [0.15, 0.2) is 69.4 Å². The molecule has 0 aliphatic carbocycles. The van der Waals surface area contributed by atoms with Crippen molar-refractivity contribution in [3.63, 3.8) is 0 Å². The molecule has 1 saturated heterocycles. The smallest absolute Gasteiger partial charge is 0.381 e. The molecule has 1 fully saturated rings. The Kier molecular flexibility index (Phi) is 7.02. The Morgan fingerprint density at radius 2 is 1.78 bits per heavy atom. The Labute approximate surface area is 211 Å². The summed E-state index contributed by atoms with van der Waals surface area (Å²) in [7, 11) is -1.63. The summed E-state index contributed by atoms with van der Waals surface area (Å²) in [6.45, 7) is 1.54. The van der Waals surface area contributed by atoms with Crippen LogP contribution in [0.2, 0.25) is 0 Å². The predicted molar refractivity (Wildman–Crippen MR) is 128 cm³/mol. The normalized spacial score (nSPS) is 16.6. The molecule has 1 atom stereocenters. The first-order chi connectivity index (χ1) is 17.3. The second kappa shape index (κ2) is 10.2. The molecule has 36 heavy (non-hydrogen) atoms. The lowest BCUT2D eigenvalue weighted by molar-refractivity contribution is -0.159. The van der Waals surface area contributed by atoms with E-state index in [1.165, 1.54) is 12.1 Å². The number of benzene rings is 2. The first kappa shape index (κ1) is 24.8. The molecule has 1 N–H and O–H groups in total. The number of hydrogen-bond acceptors (Lipinski definition) is 7. The monoisotopic (exact) mass is 534 g/mol. The Balaban J connectivity index is 1.34. The van der Waals surface area contributed by atoms with E-state index in [2.05, 4.69) is 19.4 Å². The van der Waals surface area contributed by atoms with E-state index in [1.807, 2.05) is 35.7 Å². The van der Waals surface area contributed by atoms with Crippen LogP contribution in [-0.4, -0.2) is 39.1 Å². The van der Waals surface area contributed by atoms with Gasteiger partial charge in [0.05, 0.1) is 10.6 Å². The molecule has 5 rings (SSSR count). The zero-order valence-electron chi connectivity index (χ0n) is 18.8. The molecule has 0 saturated carbocycles. The summed E-state index contributed by atoms with van der Waals surface area (Å²) < 4.78 is 64.6. The molecule has 0 spiro atoms. The van der Waals surface area contributed by atoms with Gasteiger partial charge in [0.1, 0.15) is 16.0 Å². The molecule has 0 bridgehead atoms. The van der Waals surface area contributed by atoms with Crippen molar-refractivity contribution in [3.05, 3.63) is 70.9 Å². The van der Waals surface area contributed by atoms with Gasteiger partial charge in [-0.25, -0.2) is 13.9 Å². The van der Waals surface area contributed by atoms with Gasteiger partial charge in [-0.1, -0.05) is 47.6 Å². The van der Waals surface area contributed by atoms with E-state index in [-0.39, 0.29) is 16.8 Å². The highest BCUT2D eigenvalue weighted by atomic mass is 32.2. The molecule has 188 valence electrons. The van der Waals surface area contributed by atoms with Crippen molar-refractivity contribution in [2.75, 3.05) is 19.8 Å². The van der Waals surface area contributed by atoms with Gasteiger partial charge in [0.25, 0.3) is 0 Å². The molecule has 1 aliphatic heterocycles. The van der Waals surface area contributed by atoms with E-state index in [0.29, 0.717) is 24.7 Å². The minimum absolute atomic E-state index is 0.224. The van der Waals surface area contributed by atoms with Crippen LogP contribution in [0.4, 0.5) is 13.2 Å². The molecule has 1 aliphatic rings. The van der Waals surface area contributed by atoms with Crippen molar-refractivity contribution in [2.45, 2.75) is 29.3 Å². The van der Waals surface area contributed by atoms with E-state index in [4.69, 9.17) is 9.72 Å². The first-order valence-corrected chi connectivity index (χ1v) is 13.1. The van der Waals surface area contributed by atoms with Gasteiger partial charge in [-0.05, 0) is 25.0 Å². The lowest BCUT2D eigenvalue weighted by atomic mass is 9.81. The highest BCUT2D eigenvalue weighted by Gasteiger charge is 2.39. The molecule has 12 heteroatoms. The molecule has 1 unspecified atom stereocenters. The van der Waals surface area contributed by atoms with Crippen LogP contribution in [0.5, 0.6) is 0 Å². The number of nitrogens with zero attached hydrogens (tertiary/aromatic N) is 3. The highest BCUT2D eigenvalue weighted by Crippen LogP contribution is 2.38. The number of ether oxygens (including phenoxy) is 1. The largest absolute Gasteiger partial charge is 0.471 e. The van der Waals surface area contributed by atoms with Crippen molar-refractivity contribution in [3.8, 4) is 22.6 Å². The van der Waals surface area contributed by atoms with Crippen LogP contribution in [0.1, 0.15) is 23.7 Å². The minimum Gasteiger partial charge on any atom is -0.381 e. The van der Waals surface area contributed by atoms with Crippen LogP contribution in [0.3, 0.4) is 0 Å². The van der Waals surface area contributed by atoms with E-state index < -0.39 is 23.1 Å². The third kappa shape index (κ3) is 5.26. The van der Waals surface area contributed by atoms with Gasteiger partial charge in [0.15, 0.2) is 0 Å². The number of aromatic nitrogens is 3. The van der Waals surface area contributed by atoms with Gasteiger partial charge in [-0.15, -0.1) is 11.3 Å². The second-order valence-corrected chi connectivity index (χ2v) is 10.5. The van der Waals surface area contributed by atoms with Crippen molar-refractivity contribution in [1.29, 1.82) is 0 Å². The average molecular weight is 535 g/mol. The third-order valence-corrected chi connectivity index (χ3v) is 8.17. The number of halogens is 3. The summed E-state index contributed by atoms with van der Waals surface area (Å²) in [5.74, 6) is -1.65. The Morgan fingerprint density at radius 3 is 2.50 bits per heavy atom. The molecule has 3 heterocycles. The molecular formula is C24H21F3N4O3S2. The molecule has 2 aromatic carbocycles. The highest BCUT2D eigenvalue weighted by molar-refractivity contribution is 7.83. The van der Waals surface area contributed by atoms with Crippen molar-refractivity contribution in [2.24, 2.45) is 0 Å². The standard InChI is InChI=1S/C24H21F3N4O3S2/c25-24(26,27)21-30-20(31-34-21)17-7-4-8-18(13-17)36(32)28-15-23(9-11-33-12-10-23)22-29-19(14-35-22)16-5-2-1-3-6-16/h1-8,13-14,28H,9-12,15H2. The van der Waals surface area contributed by atoms with Crippen LogP contribution in [0.25, 0.3) is 22.6 Å². The fourth-order valence-corrected chi connectivity index (χ4v) is 6.08. The predicted octanol–water partition coefficient (Wildman–Crippen LogP) is 5.24. The second-order valence-electron chi connectivity index (χ2n) is 8.34. The summed E-state index contributed by atoms with van der Waals surface area (Å²) in [6, 6.07) is 16.2.